The second-order valence-corrected chi connectivity index (χ2v) is 29.3. The van der Waals surface area contributed by atoms with E-state index in [2.05, 4.69) is 80.7 Å². The Morgan fingerprint density at radius 3 is 1.93 bits per heavy atom. The van der Waals surface area contributed by atoms with Gasteiger partial charge < -0.3 is 31.2 Å². The molecule has 1 aliphatic rings. The number of hydrogen-bond acceptors (Lipinski definition) is 10. The number of nitrogens with two attached hydrogens (primary N) is 2. The molecule has 0 spiro atoms. The van der Waals surface area contributed by atoms with Crippen LogP contribution in [0.3, 0.4) is 0 Å². The number of benzene rings is 1. The van der Waals surface area contributed by atoms with E-state index in [0.29, 0.717) is 60.6 Å². The molecule has 1 aliphatic carbocycles. The van der Waals surface area contributed by atoms with Gasteiger partial charge in [0.15, 0.2) is 0 Å². The zero-order chi connectivity index (χ0) is 41.2. The number of carbonyl (C=O) groups is 2. The van der Waals surface area contributed by atoms with Crippen LogP contribution in [0.4, 0.5) is 17.3 Å². The number of aromatic nitrogens is 6. The van der Waals surface area contributed by atoms with Crippen molar-refractivity contribution < 1.29 is 19.1 Å². The second-order valence-electron chi connectivity index (χ2n) is 17.2. The average molecular weight is 880 g/mol. The molecule has 0 bridgehead atoms. The minimum Gasteiger partial charge on any atom is -0.383 e. The van der Waals surface area contributed by atoms with Crippen LogP contribution >= 0.6 is 15.9 Å². The van der Waals surface area contributed by atoms with Crippen LogP contribution in [0, 0.1) is 5.92 Å². The minimum atomic E-state index is -1.23. The Morgan fingerprint density at radius 1 is 0.807 bits per heavy atom. The van der Waals surface area contributed by atoms with Crippen LogP contribution in [-0.2, 0) is 39.1 Å². The van der Waals surface area contributed by atoms with Gasteiger partial charge in [-0.25, -0.2) is 19.3 Å². The number of nitrogen functional groups attached to an aromatic ring is 2. The summed E-state index contributed by atoms with van der Waals surface area (Å²) in [7, 11) is -2.27. The van der Waals surface area contributed by atoms with E-state index in [9.17, 15) is 9.59 Å². The first-order valence-electron chi connectivity index (χ1n) is 19.7. The van der Waals surface area contributed by atoms with Crippen molar-refractivity contribution in [2.75, 3.05) is 36.5 Å². The van der Waals surface area contributed by atoms with E-state index >= 15 is 0 Å². The van der Waals surface area contributed by atoms with Crippen molar-refractivity contribution in [2.45, 2.75) is 103 Å². The van der Waals surface area contributed by atoms with Gasteiger partial charge in [0.1, 0.15) is 25.1 Å². The Kier molecular flexibility index (Phi) is 15.4. The number of amides is 2. The van der Waals surface area contributed by atoms with Gasteiger partial charge in [-0.1, -0.05) is 88.9 Å². The third kappa shape index (κ3) is 12.9. The Morgan fingerprint density at radius 2 is 1.35 bits per heavy atom. The van der Waals surface area contributed by atoms with Gasteiger partial charge in [0.2, 0.25) is 0 Å². The van der Waals surface area contributed by atoms with E-state index < -0.39 is 28.0 Å². The number of rotatable bonds is 15. The fourth-order valence-electron chi connectivity index (χ4n) is 6.57. The number of halogens is 1. The van der Waals surface area contributed by atoms with Crippen LogP contribution in [0.5, 0.6) is 0 Å². The zero-order valence-electron chi connectivity index (χ0n) is 34.3. The van der Waals surface area contributed by atoms with E-state index in [-0.39, 0.29) is 6.73 Å². The molecule has 0 saturated heterocycles. The summed E-state index contributed by atoms with van der Waals surface area (Å²) in [5, 5.41) is 13.0. The molecule has 308 valence electrons. The monoisotopic (exact) mass is 878 g/mol. The summed E-state index contributed by atoms with van der Waals surface area (Å²) < 4.78 is 15.9. The summed E-state index contributed by atoms with van der Waals surface area (Å²) in [5.41, 5.74) is 14.8. The maximum atomic E-state index is 13.5. The first kappa shape index (κ1) is 43.9. The molecule has 0 atom stereocenters. The van der Waals surface area contributed by atoms with Crippen molar-refractivity contribution in [3.8, 4) is 0 Å². The maximum absolute atomic E-state index is 13.5. The maximum Gasteiger partial charge on any atom is 0.314 e. The quantitative estimate of drug-likeness (QED) is 0.0530. The van der Waals surface area contributed by atoms with Crippen molar-refractivity contribution in [2.24, 2.45) is 5.92 Å². The smallest absolute Gasteiger partial charge is 0.314 e. The fraction of sp³-hybridized carbons (Fsp3) is 0.500. The Bertz CT molecular complexity index is 2090. The van der Waals surface area contributed by atoms with Gasteiger partial charge in [-0.15, -0.1) is 0 Å². The first-order valence-corrected chi connectivity index (χ1v) is 28.0. The lowest BCUT2D eigenvalue weighted by Gasteiger charge is -2.29. The van der Waals surface area contributed by atoms with Gasteiger partial charge in [0.25, 0.3) is 0 Å². The van der Waals surface area contributed by atoms with Crippen molar-refractivity contribution in [3.63, 3.8) is 0 Å². The molecule has 6 rings (SSSR count). The molecule has 0 radical (unpaired) electrons. The molecule has 2 amide bonds. The summed E-state index contributed by atoms with van der Waals surface area (Å²) in [6, 6.07) is 12.0. The van der Waals surface area contributed by atoms with E-state index in [1.165, 1.54) is 25.5 Å². The van der Waals surface area contributed by atoms with Crippen LogP contribution in [0.2, 0.25) is 51.4 Å². The van der Waals surface area contributed by atoms with Gasteiger partial charge in [0.05, 0.1) is 50.6 Å². The number of pyridine rings is 2. The van der Waals surface area contributed by atoms with Gasteiger partial charge in [-0.3, -0.25) is 9.59 Å². The molecule has 57 heavy (non-hydrogen) atoms. The molecule has 5 N–H and O–H groups in total. The molecule has 1 aromatic carbocycles. The number of hydrogen-bond donors (Lipinski definition) is 3. The van der Waals surface area contributed by atoms with Crippen molar-refractivity contribution in [3.05, 3.63) is 65.2 Å². The normalized spacial score (nSPS) is 13.7. The molecule has 4 heterocycles. The highest BCUT2D eigenvalue weighted by molar-refractivity contribution is 9.10. The Hall–Kier alpha value is -4.17. The summed E-state index contributed by atoms with van der Waals surface area (Å²) in [6.45, 7) is 16.9. The SMILES string of the molecule is C[Si](C)(C)CCOCn1ncc2c(N)ncc(Br)c21.C[Si](C)(C)CCOCn1ncc2c(N)ncc(NC(=O)C(=O)N(Cc3ccccc3)CC3CCCCC3)c21. The predicted molar refractivity (Wildman–Crippen MR) is 237 cm³/mol. The lowest BCUT2D eigenvalue weighted by atomic mass is 9.89. The topological polar surface area (TPSA) is 181 Å². The van der Waals surface area contributed by atoms with Gasteiger partial charge >= 0.3 is 11.8 Å². The largest absolute Gasteiger partial charge is 0.383 e. The number of fused-ring (bicyclic) bond motifs is 2. The molecule has 5 aromatic rings. The van der Waals surface area contributed by atoms with Gasteiger partial charge in [-0.05, 0) is 52.3 Å². The molecular weight excluding hydrogens is 821 g/mol. The Balaban J connectivity index is 0.000000273. The number of nitrogens with zero attached hydrogens (tertiary/aromatic N) is 7. The van der Waals surface area contributed by atoms with Crippen LogP contribution in [0.15, 0.2) is 59.6 Å². The molecular formula is C40H59BrN10O4Si2. The molecule has 1 saturated carbocycles. The molecule has 0 unspecified atom stereocenters. The minimum absolute atomic E-state index is 0.218. The highest BCUT2D eigenvalue weighted by Gasteiger charge is 2.27. The van der Waals surface area contributed by atoms with E-state index in [4.69, 9.17) is 20.9 Å². The molecule has 0 aliphatic heterocycles. The van der Waals surface area contributed by atoms with Crippen LogP contribution in [0.1, 0.15) is 37.7 Å². The summed E-state index contributed by atoms with van der Waals surface area (Å²) in [5.74, 6) is -0.0464. The van der Waals surface area contributed by atoms with E-state index in [1.807, 2.05) is 35.0 Å². The number of carbonyl (C=O) groups excluding carboxylic acids is 2. The van der Waals surface area contributed by atoms with E-state index in [1.54, 1.807) is 28.2 Å². The first-order chi connectivity index (χ1) is 27.1. The summed E-state index contributed by atoms with van der Waals surface area (Å²) in [6.07, 6.45) is 12.3. The molecule has 17 heteroatoms. The van der Waals surface area contributed by atoms with Crippen LogP contribution in [-0.4, -0.2) is 82.1 Å². The fourth-order valence-corrected chi connectivity index (χ4v) is 8.61. The lowest BCUT2D eigenvalue weighted by Crippen LogP contribution is -2.42. The molecule has 1 fully saturated rings. The van der Waals surface area contributed by atoms with Gasteiger partial charge in [0, 0.05) is 48.6 Å². The average Bonchev–Trinajstić information content (AvgIpc) is 3.81. The number of anilines is 3. The predicted octanol–water partition coefficient (Wildman–Crippen LogP) is 7.96. The summed E-state index contributed by atoms with van der Waals surface area (Å²) >= 11 is 3.47. The van der Waals surface area contributed by atoms with Crippen LogP contribution < -0.4 is 16.8 Å². The van der Waals surface area contributed by atoms with Crippen molar-refractivity contribution >= 4 is 83.0 Å². The standard InChI is InChI=1S/C28H40N6O3Si.C12H19BrN4OSi/c1-38(2,3)15-14-37-20-34-25-23(16-31-34)26(29)30-17-24(25)32-27(35)28(36)33(18-21-10-6-4-7-11-21)19-22-12-8-5-9-13-22;1-19(2,3)5-4-18-8-17-11-9(6-16-17)12(14)15-7-10(11)13/h4,6-7,10-11,16-17,22H,5,8-9,12-15,18-20H2,1-3H3,(H2,29,30)(H,32,35);6-7H,4-5,8H2,1-3H3,(H2,14,15). The van der Waals surface area contributed by atoms with E-state index in [0.717, 1.165) is 52.5 Å². The van der Waals surface area contributed by atoms with Crippen LogP contribution in [0.25, 0.3) is 21.8 Å². The highest BCUT2D eigenvalue weighted by atomic mass is 79.9. The second kappa shape index (κ2) is 20.0. The molecule has 4 aromatic heterocycles. The third-order valence-electron chi connectivity index (χ3n) is 9.93. The summed E-state index contributed by atoms with van der Waals surface area (Å²) in [4.78, 5) is 36.8. The van der Waals surface area contributed by atoms with Crippen molar-refractivity contribution in [1.29, 1.82) is 0 Å². The third-order valence-corrected chi connectivity index (χ3v) is 13.9. The molecule has 14 nitrogen and oxygen atoms in total. The van der Waals surface area contributed by atoms with Gasteiger partial charge in [-0.2, -0.15) is 10.2 Å². The Labute approximate surface area is 346 Å². The zero-order valence-corrected chi connectivity index (χ0v) is 37.8. The number of nitrogens with one attached hydrogen (secondary N) is 1. The number of ether oxygens (including phenoxy) is 2. The lowest BCUT2D eigenvalue weighted by molar-refractivity contribution is -0.144. The van der Waals surface area contributed by atoms with Crippen molar-refractivity contribution in [1.82, 2.24) is 34.4 Å². The highest BCUT2D eigenvalue weighted by Crippen LogP contribution is 2.29.